The van der Waals surface area contributed by atoms with E-state index in [9.17, 15) is 0 Å². The summed E-state index contributed by atoms with van der Waals surface area (Å²) in [6, 6.07) is 0. The molecule has 1 nitrogen and oxygen atoms in total. The number of unbranched alkanes of at least 4 members (excludes halogenated alkanes) is 1. The molecular formula is C14H27ClO. The number of alkyl halides is 1. The second-order valence-electron chi connectivity index (χ2n) is 5.12. The molecule has 1 fully saturated rings. The van der Waals surface area contributed by atoms with Crippen LogP contribution in [0.2, 0.25) is 0 Å². The highest BCUT2D eigenvalue weighted by Crippen LogP contribution is 2.36. The first-order valence-corrected chi connectivity index (χ1v) is 7.43. The van der Waals surface area contributed by atoms with E-state index in [1.807, 2.05) is 0 Å². The Hall–Kier alpha value is 0.250. The van der Waals surface area contributed by atoms with Crippen LogP contribution in [0.15, 0.2) is 0 Å². The van der Waals surface area contributed by atoms with E-state index in [1.54, 1.807) is 0 Å². The summed E-state index contributed by atoms with van der Waals surface area (Å²) in [5.41, 5.74) is 0. The lowest BCUT2D eigenvalue weighted by Crippen LogP contribution is -2.26. The Labute approximate surface area is 106 Å². The first-order valence-electron chi connectivity index (χ1n) is 6.99. The van der Waals surface area contributed by atoms with Crippen LogP contribution >= 0.6 is 11.6 Å². The van der Waals surface area contributed by atoms with Crippen molar-refractivity contribution in [3.8, 4) is 0 Å². The van der Waals surface area contributed by atoms with Gasteiger partial charge in [0.25, 0.3) is 0 Å². The number of halogens is 1. The zero-order chi connectivity index (χ0) is 11.8. The Morgan fingerprint density at radius 1 is 1.19 bits per heavy atom. The van der Waals surface area contributed by atoms with Crippen LogP contribution < -0.4 is 0 Å². The highest BCUT2D eigenvalue weighted by atomic mass is 35.5. The van der Waals surface area contributed by atoms with Gasteiger partial charge in [-0.1, -0.05) is 26.7 Å². The van der Waals surface area contributed by atoms with E-state index in [1.165, 1.54) is 38.5 Å². The quantitative estimate of drug-likeness (QED) is 0.470. The highest BCUT2D eigenvalue weighted by Gasteiger charge is 2.27. The van der Waals surface area contributed by atoms with Crippen LogP contribution in [-0.4, -0.2) is 18.6 Å². The maximum Gasteiger partial charge on any atom is 0.0469 e. The average molecular weight is 247 g/mol. The van der Waals surface area contributed by atoms with Gasteiger partial charge in [-0.2, -0.15) is 0 Å². The molecule has 0 bridgehead atoms. The molecule has 1 saturated carbocycles. The summed E-state index contributed by atoms with van der Waals surface area (Å²) in [6.45, 7) is 6.33. The lowest BCUT2D eigenvalue weighted by molar-refractivity contribution is 0.106. The zero-order valence-electron chi connectivity index (χ0n) is 10.9. The molecule has 0 aliphatic heterocycles. The average Bonchev–Trinajstić information content (AvgIpc) is 2.31. The van der Waals surface area contributed by atoms with Crippen LogP contribution in [0.5, 0.6) is 0 Å². The third-order valence-electron chi connectivity index (χ3n) is 3.85. The van der Waals surface area contributed by atoms with Crippen LogP contribution in [0, 0.1) is 11.8 Å². The first-order chi connectivity index (χ1) is 7.77. The van der Waals surface area contributed by atoms with Gasteiger partial charge in [0.15, 0.2) is 0 Å². The summed E-state index contributed by atoms with van der Waals surface area (Å²) in [4.78, 5) is 0. The van der Waals surface area contributed by atoms with Gasteiger partial charge in [-0.05, 0) is 43.9 Å². The van der Waals surface area contributed by atoms with Crippen molar-refractivity contribution in [2.45, 2.75) is 64.2 Å². The molecule has 1 aliphatic rings. The Morgan fingerprint density at radius 2 is 2.00 bits per heavy atom. The molecule has 0 radical (unpaired) electrons. The summed E-state index contributed by atoms with van der Waals surface area (Å²) in [7, 11) is 0. The Balaban J connectivity index is 2.13. The second kappa shape index (κ2) is 8.36. The van der Waals surface area contributed by atoms with E-state index in [-0.39, 0.29) is 0 Å². The molecule has 3 atom stereocenters. The maximum absolute atomic E-state index is 6.39. The number of hydrogen-bond donors (Lipinski definition) is 0. The van der Waals surface area contributed by atoms with Crippen molar-refractivity contribution in [1.82, 2.24) is 0 Å². The van der Waals surface area contributed by atoms with Crippen molar-refractivity contribution in [3.63, 3.8) is 0 Å². The maximum atomic E-state index is 6.39. The van der Waals surface area contributed by atoms with E-state index in [2.05, 4.69) is 13.8 Å². The predicted octanol–water partition coefficient (Wildman–Crippen LogP) is 4.63. The molecule has 96 valence electrons. The summed E-state index contributed by atoms with van der Waals surface area (Å²) >= 11 is 6.39. The molecule has 16 heavy (non-hydrogen) atoms. The number of ether oxygens (including phenoxy) is 1. The lowest BCUT2D eigenvalue weighted by Gasteiger charge is -2.32. The van der Waals surface area contributed by atoms with Crippen LogP contribution in [0.3, 0.4) is 0 Å². The van der Waals surface area contributed by atoms with Crippen molar-refractivity contribution in [2.75, 3.05) is 13.2 Å². The van der Waals surface area contributed by atoms with Crippen molar-refractivity contribution in [3.05, 3.63) is 0 Å². The molecule has 2 heteroatoms. The molecule has 0 amide bonds. The largest absolute Gasteiger partial charge is 0.381 e. The summed E-state index contributed by atoms with van der Waals surface area (Å²) in [5.74, 6) is 1.61. The van der Waals surface area contributed by atoms with Crippen LogP contribution in [0.25, 0.3) is 0 Å². The van der Waals surface area contributed by atoms with Gasteiger partial charge in [0.2, 0.25) is 0 Å². The first kappa shape index (κ1) is 14.3. The standard InChI is InChI=1S/C14H27ClO/c1-3-5-9-16-10-8-13-11-12(4-2)6-7-14(13)15/h12-14H,3-11H2,1-2H3. The van der Waals surface area contributed by atoms with Crippen molar-refractivity contribution >= 4 is 11.6 Å². The van der Waals surface area contributed by atoms with Crippen molar-refractivity contribution < 1.29 is 4.74 Å². The van der Waals surface area contributed by atoms with Gasteiger partial charge in [0.05, 0.1) is 0 Å². The van der Waals surface area contributed by atoms with Crippen LogP contribution in [0.1, 0.15) is 58.8 Å². The van der Waals surface area contributed by atoms with Gasteiger partial charge in [0, 0.05) is 18.6 Å². The molecule has 1 rings (SSSR count). The van der Waals surface area contributed by atoms with Gasteiger partial charge >= 0.3 is 0 Å². The molecule has 0 aromatic heterocycles. The van der Waals surface area contributed by atoms with Gasteiger partial charge in [-0.15, -0.1) is 11.6 Å². The third kappa shape index (κ3) is 5.05. The van der Waals surface area contributed by atoms with Gasteiger partial charge in [0.1, 0.15) is 0 Å². The van der Waals surface area contributed by atoms with E-state index in [4.69, 9.17) is 16.3 Å². The SMILES string of the molecule is CCCCOCCC1CC(CC)CCC1Cl. The third-order valence-corrected chi connectivity index (χ3v) is 4.43. The summed E-state index contributed by atoms with van der Waals surface area (Å²) < 4.78 is 5.64. The van der Waals surface area contributed by atoms with Crippen LogP contribution in [-0.2, 0) is 4.74 Å². The Kier molecular flexibility index (Phi) is 7.47. The Bertz CT molecular complexity index is 172. The minimum atomic E-state index is 0.401. The van der Waals surface area contributed by atoms with Gasteiger partial charge in [-0.3, -0.25) is 0 Å². The molecule has 0 spiro atoms. The minimum absolute atomic E-state index is 0.401. The van der Waals surface area contributed by atoms with E-state index in [0.29, 0.717) is 11.3 Å². The fraction of sp³-hybridized carbons (Fsp3) is 1.00. The highest BCUT2D eigenvalue weighted by molar-refractivity contribution is 6.20. The van der Waals surface area contributed by atoms with E-state index < -0.39 is 0 Å². The fourth-order valence-electron chi connectivity index (χ4n) is 2.58. The summed E-state index contributed by atoms with van der Waals surface area (Å²) in [5, 5.41) is 0.401. The van der Waals surface area contributed by atoms with E-state index in [0.717, 1.165) is 25.6 Å². The molecule has 0 saturated heterocycles. The predicted molar refractivity (Wildman–Crippen MR) is 71.1 cm³/mol. The molecule has 1 aliphatic carbocycles. The minimum Gasteiger partial charge on any atom is -0.381 e. The van der Waals surface area contributed by atoms with Crippen molar-refractivity contribution in [2.24, 2.45) is 11.8 Å². The molecule has 0 aromatic carbocycles. The van der Waals surface area contributed by atoms with Crippen LogP contribution in [0.4, 0.5) is 0 Å². The normalized spacial score (nSPS) is 30.6. The Morgan fingerprint density at radius 3 is 2.69 bits per heavy atom. The number of hydrogen-bond acceptors (Lipinski definition) is 1. The second-order valence-corrected chi connectivity index (χ2v) is 5.68. The number of rotatable bonds is 7. The van der Waals surface area contributed by atoms with E-state index >= 15 is 0 Å². The molecule has 0 N–H and O–H groups in total. The van der Waals surface area contributed by atoms with Crippen molar-refractivity contribution in [1.29, 1.82) is 0 Å². The smallest absolute Gasteiger partial charge is 0.0469 e. The topological polar surface area (TPSA) is 9.23 Å². The monoisotopic (exact) mass is 246 g/mol. The van der Waals surface area contributed by atoms with Gasteiger partial charge in [-0.25, -0.2) is 0 Å². The van der Waals surface area contributed by atoms with Gasteiger partial charge < -0.3 is 4.74 Å². The molecule has 3 unspecified atom stereocenters. The molecule has 0 heterocycles. The lowest BCUT2D eigenvalue weighted by atomic mass is 9.78. The molecular weight excluding hydrogens is 220 g/mol. The summed E-state index contributed by atoms with van der Waals surface area (Å²) in [6.07, 6.45) is 8.75. The fourth-order valence-corrected chi connectivity index (χ4v) is 2.93. The molecule has 0 aromatic rings. The zero-order valence-corrected chi connectivity index (χ0v) is 11.6.